The summed E-state index contributed by atoms with van der Waals surface area (Å²) in [5.41, 5.74) is 2.01. The SMILES string of the molecule is COc1ccccc1NC(=O)c1cc(NCCc2ccc(Cl)cc2)ncn1. The molecule has 7 heteroatoms. The first-order chi connectivity index (χ1) is 13.2. The van der Waals surface area contributed by atoms with Crippen LogP contribution in [0.1, 0.15) is 16.1 Å². The number of nitrogens with one attached hydrogen (secondary N) is 2. The van der Waals surface area contributed by atoms with Gasteiger partial charge in [-0.2, -0.15) is 0 Å². The number of hydrogen-bond donors (Lipinski definition) is 2. The van der Waals surface area contributed by atoms with Gasteiger partial charge < -0.3 is 15.4 Å². The molecule has 0 bridgehead atoms. The first-order valence-electron chi connectivity index (χ1n) is 8.40. The van der Waals surface area contributed by atoms with E-state index < -0.39 is 0 Å². The molecule has 1 aromatic heterocycles. The predicted molar refractivity (Wildman–Crippen MR) is 107 cm³/mol. The number of carbonyl (C=O) groups excluding carboxylic acids is 1. The van der Waals surface area contributed by atoms with Crippen molar-refractivity contribution in [1.82, 2.24) is 9.97 Å². The smallest absolute Gasteiger partial charge is 0.274 e. The molecule has 0 saturated heterocycles. The van der Waals surface area contributed by atoms with Gasteiger partial charge >= 0.3 is 0 Å². The second-order valence-corrected chi connectivity index (χ2v) is 6.18. The fourth-order valence-corrected chi connectivity index (χ4v) is 2.62. The van der Waals surface area contributed by atoms with E-state index >= 15 is 0 Å². The number of benzene rings is 2. The number of amides is 1. The highest BCUT2D eigenvalue weighted by molar-refractivity contribution is 6.30. The average Bonchev–Trinajstić information content (AvgIpc) is 2.70. The van der Waals surface area contributed by atoms with E-state index in [1.54, 1.807) is 25.3 Å². The number of carbonyl (C=O) groups is 1. The van der Waals surface area contributed by atoms with E-state index in [9.17, 15) is 4.79 Å². The van der Waals surface area contributed by atoms with E-state index in [-0.39, 0.29) is 11.6 Å². The fourth-order valence-electron chi connectivity index (χ4n) is 2.50. The Hall–Kier alpha value is -3.12. The van der Waals surface area contributed by atoms with Gasteiger partial charge in [0, 0.05) is 17.6 Å². The lowest BCUT2D eigenvalue weighted by molar-refractivity contribution is 0.102. The minimum atomic E-state index is -0.331. The van der Waals surface area contributed by atoms with Crippen LogP contribution in [0.15, 0.2) is 60.9 Å². The largest absolute Gasteiger partial charge is 0.495 e. The molecule has 0 aliphatic rings. The van der Waals surface area contributed by atoms with Crippen molar-refractivity contribution in [2.24, 2.45) is 0 Å². The molecule has 2 aromatic carbocycles. The Morgan fingerprint density at radius 2 is 1.89 bits per heavy atom. The zero-order chi connectivity index (χ0) is 19.1. The Kier molecular flexibility index (Phi) is 6.22. The predicted octanol–water partition coefficient (Wildman–Crippen LogP) is 4.05. The molecule has 1 heterocycles. The average molecular weight is 383 g/mol. The van der Waals surface area contributed by atoms with E-state index in [1.807, 2.05) is 36.4 Å². The number of hydrogen-bond acceptors (Lipinski definition) is 5. The molecule has 138 valence electrons. The molecule has 3 aromatic rings. The van der Waals surface area contributed by atoms with Crippen LogP contribution in [0.5, 0.6) is 5.75 Å². The summed E-state index contributed by atoms with van der Waals surface area (Å²) in [6.45, 7) is 0.673. The third kappa shape index (κ3) is 5.18. The van der Waals surface area contributed by atoms with E-state index in [0.29, 0.717) is 28.8 Å². The number of para-hydroxylation sites is 2. The van der Waals surface area contributed by atoms with Crippen molar-refractivity contribution in [2.45, 2.75) is 6.42 Å². The molecule has 0 atom stereocenters. The minimum Gasteiger partial charge on any atom is -0.495 e. The lowest BCUT2D eigenvalue weighted by Crippen LogP contribution is -2.15. The van der Waals surface area contributed by atoms with Crippen molar-refractivity contribution in [3.05, 3.63) is 77.2 Å². The van der Waals surface area contributed by atoms with Gasteiger partial charge in [-0.15, -0.1) is 0 Å². The molecular weight excluding hydrogens is 364 g/mol. The van der Waals surface area contributed by atoms with Gasteiger partial charge in [-0.1, -0.05) is 35.9 Å². The lowest BCUT2D eigenvalue weighted by Gasteiger charge is -2.10. The van der Waals surface area contributed by atoms with Crippen LogP contribution in [-0.4, -0.2) is 29.5 Å². The number of ether oxygens (including phenoxy) is 1. The van der Waals surface area contributed by atoms with Crippen LogP contribution in [0.25, 0.3) is 0 Å². The molecule has 0 fully saturated rings. The zero-order valence-corrected chi connectivity index (χ0v) is 15.5. The highest BCUT2D eigenvalue weighted by Gasteiger charge is 2.11. The molecule has 2 N–H and O–H groups in total. The Morgan fingerprint density at radius 3 is 2.67 bits per heavy atom. The van der Waals surface area contributed by atoms with Gasteiger partial charge in [0.1, 0.15) is 23.6 Å². The monoisotopic (exact) mass is 382 g/mol. The Labute approximate surface area is 162 Å². The van der Waals surface area contributed by atoms with E-state index in [4.69, 9.17) is 16.3 Å². The second kappa shape index (κ2) is 9.00. The van der Waals surface area contributed by atoms with Crippen LogP contribution in [0.2, 0.25) is 5.02 Å². The minimum absolute atomic E-state index is 0.268. The van der Waals surface area contributed by atoms with Crippen molar-refractivity contribution < 1.29 is 9.53 Å². The molecule has 0 aliphatic carbocycles. The fraction of sp³-hybridized carbons (Fsp3) is 0.150. The Bertz CT molecular complexity index is 916. The van der Waals surface area contributed by atoms with Gasteiger partial charge in [0.15, 0.2) is 0 Å². The summed E-state index contributed by atoms with van der Waals surface area (Å²) in [5, 5.41) is 6.71. The highest BCUT2D eigenvalue weighted by atomic mass is 35.5. The van der Waals surface area contributed by atoms with E-state index in [2.05, 4.69) is 20.6 Å². The number of aromatic nitrogens is 2. The number of anilines is 2. The van der Waals surface area contributed by atoms with Gasteiger partial charge in [-0.3, -0.25) is 4.79 Å². The molecule has 1 amide bonds. The summed E-state index contributed by atoms with van der Waals surface area (Å²) in [7, 11) is 1.55. The van der Waals surface area contributed by atoms with Gasteiger partial charge in [0.25, 0.3) is 5.91 Å². The van der Waals surface area contributed by atoms with Gasteiger partial charge in [-0.05, 0) is 36.2 Å². The van der Waals surface area contributed by atoms with Crippen molar-refractivity contribution in [3.8, 4) is 5.75 Å². The standard InChI is InChI=1S/C20H19ClN4O2/c1-27-18-5-3-2-4-16(18)25-20(26)17-12-19(24-13-23-17)22-11-10-14-6-8-15(21)9-7-14/h2-9,12-13H,10-11H2,1H3,(H,25,26)(H,22,23,24). The second-order valence-electron chi connectivity index (χ2n) is 5.75. The maximum atomic E-state index is 12.5. The van der Waals surface area contributed by atoms with Crippen LogP contribution in [0.4, 0.5) is 11.5 Å². The number of halogens is 1. The highest BCUT2D eigenvalue weighted by Crippen LogP contribution is 2.23. The molecule has 0 aliphatic heterocycles. The van der Waals surface area contributed by atoms with Crippen LogP contribution in [-0.2, 0) is 6.42 Å². The topological polar surface area (TPSA) is 76.1 Å². The maximum Gasteiger partial charge on any atom is 0.274 e. The molecule has 0 saturated carbocycles. The molecular formula is C20H19ClN4O2. The Morgan fingerprint density at radius 1 is 1.11 bits per heavy atom. The van der Waals surface area contributed by atoms with Crippen LogP contribution in [0.3, 0.4) is 0 Å². The quantitative estimate of drug-likeness (QED) is 0.644. The molecule has 6 nitrogen and oxygen atoms in total. The van der Waals surface area contributed by atoms with Gasteiger partial charge in [0.05, 0.1) is 12.8 Å². The summed E-state index contributed by atoms with van der Waals surface area (Å²) in [6.07, 6.45) is 2.17. The normalized spacial score (nSPS) is 10.3. The third-order valence-electron chi connectivity index (χ3n) is 3.89. The third-order valence-corrected chi connectivity index (χ3v) is 4.14. The van der Waals surface area contributed by atoms with E-state index in [0.717, 1.165) is 12.0 Å². The molecule has 0 spiro atoms. The number of methoxy groups -OCH3 is 1. The number of nitrogens with zero attached hydrogens (tertiary/aromatic N) is 2. The number of rotatable bonds is 7. The molecule has 0 unspecified atom stereocenters. The van der Waals surface area contributed by atoms with Crippen molar-refractivity contribution in [3.63, 3.8) is 0 Å². The Balaban J connectivity index is 1.60. The zero-order valence-electron chi connectivity index (χ0n) is 14.8. The van der Waals surface area contributed by atoms with Crippen molar-refractivity contribution >= 4 is 29.0 Å². The van der Waals surface area contributed by atoms with Crippen molar-refractivity contribution in [1.29, 1.82) is 0 Å². The van der Waals surface area contributed by atoms with Gasteiger partial charge in [0.2, 0.25) is 0 Å². The van der Waals surface area contributed by atoms with Gasteiger partial charge in [-0.25, -0.2) is 9.97 Å². The molecule has 0 radical (unpaired) electrons. The lowest BCUT2D eigenvalue weighted by atomic mass is 10.1. The van der Waals surface area contributed by atoms with Crippen molar-refractivity contribution in [2.75, 3.05) is 24.3 Å². The first-order valence-corrected chi connectivity index (χ1v) is 8.78. The van der Waals surface area contributed by atoms with E-state index in [1.165, 1.54) is 6.33 Å². The van der Waals surface area contributed by atoms with Crippen LogP contribution in [0, 0.1) is 0 Å². The van der Waals surface area contributed by atoms with Crippen LogP contribution >= 0.6 is 11.6 Å². The summed E-state index contributed by atoms with van der Waals surface area (Å²) in [4.78, 5) is 20.7. The van der Waals surface area contributed by atoms with Crippen LogP contribution < -0.4 is 15.4 Å². The molecule has 27 heavy (non-hydrogen) atoms. The summed E-state index contributed by atoms with van der Waals surface area (Å²) < 4.78 is 5.24. The molecule has 3 rings (SSSR count). The summed E-state index contributed by atoms with van der Waals surface area (Å²) >= 11 is 5.89. The summed E-state index contributed by atoms with van der Waals surface area (Å²) in [5.74, 6) is 0.841. The summed E-state index contributed by atoms with van der Waals surface area (Å²) in [6, 6.07) is 16.5. The maximum absolute atomic E-state index is 12.5. The first kappa shape index (κ1) is 18.7.